The van der Waals surface area contributed by atoms with Gasteiger partial charge in [-0.05, 0) is 29.8 Å². The van der Waals surface area contributed by atoms with Gasteiger partial charge in [-0.2, -0.15) is 5.10 Å². The number of nitrogens with zero attached hydrogens (tertiary/aromatic N) is 2. The van der Waals surface area contributed by atoms with Gasteiger partial charge in [0.25, 0.3) is 0 Å². The van der Waals surface area contributed by atoms with Gasteiger partial charge in [-0.15, -0.1) is 0 Å². The van der Waals surface area contributed by atoms with E-state index in [0.29, 0.717) is 5.69 Å². The predicted octanol–water partition coefficient (Wildman–Crippen LogP) is 2.88. The van der Waals surface area contributed by atoms with Crippen LogP contribution in [0.4, 0.5) is 4.79 Å². The molecular weight excluding hydrogens is 388 g/mol. The third-order valence-corrected chi connectivity index (χ3v) is 3.83. The van der Waals surface area contributed by atoms with Crippen molar-refractivity contribution in [1.29, 1.82) is 0 Å². The minimum absolute atomic E-state index is 0.130. The summed E-state index contributed by atoms with van der Waals surface area (Å²) in [4.78, 5) is 27.7. The Labute approximate surface area is 151 Å². The molecule has 8 heteroatoms. The summed E-state index contributed by atoms with van der Waals surface area (Å²) < 4.78 is 6.04. The van der Waals surface area contributed by atoms with Gasteiger partial charge in [0.05, 0.1) is 5.69 Å². The summed E-state index contributed by atoms with van der Waals surface area (Å²) in [6.45, 7) is 0.284. The van der Waals surface area contributed by atoms with Crippen molar-refractivity contribution >= 4 is 22.0 Å². The molecule has 0 fully saturated rings. The van der Waals surface area contributed by atoms with Crippen LogP contribution >= 0.6 is 15.9 Å². The lowest BCUT2D eigenvalue weighted by molar-refractivity contribution is 0.199. The van der Waals surface area contributed by atoms with Crippen LogP contribution in [0.25, 0.3) is 11.3 Å². The largest absolute Gasteiger partial charge is 0.413 e. The molecule has 1 aromatic carbocycles. The maximum atomic E-state index is 11.9. The summed E-state index contributed by atoms with van der Waals surface area (Å²) in [5, 5.41) is 8.85. The first-order valence-electron chi connectivity index (χ1n) is 7.32. The summed E-state index contributed by atoms with van der Waals surface area (Å²) in [5.41, 5.74) is 1.53. The lowest BCUT2D eigenvalue weighted by Crippen LogP contribution is -2.28. The van der Waals surface area contributed by atoms with E-state index >= 15 is 0 Å². The Morgan fingerprint density at radius 2 is 1.88 bits per heavy atom. The van der Waals surface area contributed by atoms with Crippen molar-refractivity contribution in [3.8, 4) is 17.0 Å². The van der Waals surface area contributed by atoms with Crippen LogP contribution < -0.4 is 15.6 Å². The molecule has 0 radical (unpaired) electrons. The summed E-state index contributed by atoms with van der Waals surface area (Å²) in [5.74, 6) is -0.130. The Bertz CT molecular complexity index is 927. The number of halogens is 1. The van der Waals surface area contributed by atoms with Gasteiger partial charge in [0.15, 0.2) is 0 Å². The molecule has 2 aromatic heterocycles. The second-order valence-corrected chi connectivity index (χ2v) is 5.97. The molecule has 2 heterocycles. The van der Waals surface area contributed by atoms with E-state index in [9.17, 15) is 9.59 Å². The number of aromatic amines is 1. The van der Waals surface area contributed by atoms with Crippen molar-refractivity contribution in [1.82, 2.24) is 20.5 Å². The van der Waals surface area contributed by atoms with Crippen LogP contribution in [-0.2, 0) is 6.54 Å². The predicted molar refractivity (Wildman–Crippen MR) is 95.1 cm³/mol. The van der Waals surface area contributed by atoms with Crippen molar-refractivity contribution in [2.45, 2.75) is 6.54 Å². The van der Waals surface area contributed by atoms with Gasteiger partial charge in [0.2, 0.25) is 5.75 Å². The number of carbonyl (C=O) groups excluding carboxylic acids is 1. The molecule has 0 aliphatic carbocycles. The van der Waals surface area contributed by atoms with Gasteiger partial charge in [0.1, 0.15) is 0 Å². The molecule has 3 aromatic rings. The van der Waals surface area contributed by atoms with Gasteiger partial charge in [0, 0.05) is 35.0 Å². The number of hydrogen-bond acceptors (Lipinski definition) is 5. The number of rotatable bonds is 4. The molecule has 0 saturated carbocycles. The Morgan fingerprint density at radius 3 is 2.60 bits per heavy atom. The summed E-state index contributed by atoms with van der Waals surface area (Å²) in [7, 11) is 0. The zero-order valence-corrected chi connectivity index (χ0v) is 14.5. The highest BCUT2D eigenvalue weighted by Gasteiger charge is 2.11. The lowest BCUT2D eigenvalue weighted by atomic mass is 10.2. The smallest absolute Gasteiger partial charge is 0.404 e. The van der Waals surface area contributed by atoms with E-state index in [1.165, 1.54) is 6.07 Å². The topological polar surface area (TPSA) is 97.0 Å². The number of benzene rings is 1. The summed E-state index contributed by atoms with van der Waals surface area (Å²) >= 11 is 3.34. The Morgan fingerprint density at radius 1 is 1.16 bits per heavy atom. The van der Waals surface area contributed by atoms with Crippen LogP contribution in [0.1, 0.15) is 5.56 Å². The molecule has 0 aliphatic heterocycles. The first-order valence-corrected chi connectivity index (χ1v) is 8.11. The normalized spacial score (nSPS) is 10.3. The van der Waals surface area contributed by atoms with Crippen molar-refractivity contribution in [2.24, 2.45) is 0 Å². The Balaban J connectivity index is 1.68. The monoisotopic (exact) mass is 400 g/mol. The van der Waals surface area contributed by atoms with E-state index in [1.54, 1.807) is 24.5 Å². The minimum Gasteiger partial charge on any atom is -0.404 e. The highest BCUT2D eigenvalue weighted by atomic mass is 79.9. The van der Waals surface area contributed by atoms with Crippen LogP contribution in [-0.4, -0.2) is 21.3 Å². The second-order valence-electron chi connectivity index (χ2n) is 5.05. The maximum Gasteiger partial charge on any atom is 0.413 e. The number of amides is 1. The van der Waals surface area contributed by atoms with E-state index in [4.69, 9.17) is 4.74 Å². The van der Waals surface area contributed by atoms with Crippen molar-refractivity contribution in [2.75, 3.05) is 0 Å². The zero-order chi connectivity index (χ0) is 17.6. The first-order chi connectivity index (χ1) is 12.1. The summed E-state index contributed by atoms with van der Waals surface area (Å²) in [6.07, 6.45) is 2.49. The van der Waals surface area contributed by atoms with E-state index in [-0.39, 0.29) is 12.3 Å². The van der Waals surface area contributed by atoms with Gasteiger partial charge in [-0.1, -0.05) is 28.1 Å². The van der Waals surface area contributed by atoms with Gasteiger partial charge in [-0.3, -0.25) is 9.78 Å². The van der Waals surface area contributed by atoms with Crippen LogP contribution in [0.2, 0.25) is 0 Å². The van der Waals surface area contributed by atoms with Crippen molar-refractivity contribution in [3.05, 3.63) is 75.2 Å². The average Bonchev–Trinajstić information content (AvgIpc) is 2.64. The number of ether oxygens (including phenoxy) is 1. The van der Waals surface area contributed by atoms with Crippen LogP contribution in [0.15, 0.2) is 64.1 Å². The standard InChI is InChI=1S/C17H13BrN4O3/c18-13-3-1-11(2-4-13)10-20-17(24)25-15-9-14(21-22-16(15)23)12-5-7-19-8-6-12/h1-9H,10H2,(H,20,24)(H,22,23). The molecule has 0 unspecified atom stereocenters. The number of nitrogens with one attached hydrogen (secondary N) is 2. The third-order valence-electron chi connectivity index (χ3n) is 3.30. The molecule has 2 N–H and O–H groups in total. The van der Waals surface area contributed by atoms with Crippen LogP contribution in [0.3, 0.4) is 0 Å². The first kappa shape index (κ1) is 16.8. The van der Waals surface area contributed by atoms with E-state index in [1.807, 2.05) is 24.3 Å². The molecule has 3 rings (SSSR count). The van der Waals surface area contributed by atoms with Crippen molar-refractivity contribution in [3.63, 3.8) is 0 Å². The van der Waals surface area contributed by atoms with Gasteiger partial charge < -0.3 is 10.1 Å². The molecule has 0 aliphatic rings. The molecule has 0 bridgehead atoms. The fourth-order valence-corrected chi connectivity index (χ4v) is 2.31. The molecule has 0 saturated heterocycles. The highest BCUT2D eigenvalue weighted by Crippen LogP contribution is 2.17. The Hall–Kier alpha value is -3.00. The molecule has 0 atom stereocenters. The Kier molecular flexibility index (Phi) is 5.20. The van der Waals surface area contributed by atoms with Crippen LogP contribution in [0, 0.1) is 0 Å². The quantitative estimate of drug-likeness (QED) is 0.701. The molecule has 0 spiro atoms. The molecular formula is C17H13BrN4O3. The minimum atomic E-state index is -0.722. The maximum absolute atomic E-state index is 11.9. The number of carbonyl (C=O) groups is 1. The number of aromatic nitrogens is 3. The zero-order valence-electron chi connectivity index (χ0n) is 12.9. The molecule has 1 amide bonds. The lowest BCUT2D eigenvalue weighted by Gasteiger charge is -2.07. The number of pyridine rings is 1. The molecule has 25 heavy (non-hydrogen) atoms. The van der Waals surface area contributed by atoms with E-state index in [0.717, 1.165) is 15.6 Å². The number of H-pyrrole nitrogens is 1. The average molecular weight is 401 g/mol. The van der Waals surface area contributed by atoms with E-state index < -0.39 is 11.7 Å². The van der Waals surface area contributed by atoms with Crippen molar-refractivity contribution < 1.29 is 9.53 Å². The fourth-order valence-electron chi connectivity index (χ4n) is 2.05. The molecule has 126 valence electrons. The molecule has 7 nitrogen and oxygen atoms in total. The SMILES string of the molecule is O=C(NCc1ccc(Br)cc1)Oc1cc(-c2ccncc2)n[nH]c1=O. The second kappa shape index (κ2) is 7.71. The van der Waals surface area contributed by atoms with Gasteiger partial charge >= 0.3 is 11.7 Å². The third kappa shape index (κ3) is 4.51. The van der Waals surface area contributed by atoms with Gasteiger partial charge in [-0.25, -0.2) is 9.89 Å². The highest BCUT2D eigenvalue weighted by molar-refractivity contribution is 9.10. The fraction of sp³-hybridized carbons (Fsp3) is 0.0588. The van der Waals surface area contributed by atoms with Crippen LogP contribution in [0.5, 0.6) is 5.75 Å². The van der Waals surface area contributed by atoms with E-state index in [2.05, 4.69) is 36.4 Å². The summed E-state index contributed by atoms with van der Waals surface area (Å²) in [6, 6.07) is 12.4. The number of hydrogen-bond donors (Lipinski definition) is 2.